The normalized spacial score (nSPS) is 15.5. The second-order valence-electron chi connectivity index (χ2n) is 9.02. The second-order valence-corrected chi connectivity index (χ2v) is 10.7. The van der Waals surface area contributed by atoms with E-state index in [0.29, 0.717) is 32.8 Å². The summed E-state index contributed by atoms with van der Waals surface area (Å²) in [5.41, 5.74) is 3.68. The lowest BCUT2D eigenvalue weighted by Crippen LogP contribution is -2.31. The van der Waals surface area contributed by atoms with Gasteiger partial charge < -0.3 is 4.90 Å². The van der Waals surface area contributed by atoms with Crippen molar-refractivity contribution in [1.82, 2.24) is 14.3 Å². The molecule has 1 fully saturated rings. The maximum atomic E-state index is 13.8. The largest absolute Gasteiger partial charge is 0.355 e. The molecule has 186 valence electrons. The Morgan fingerprint density at radius 1 is 1.03 bits per heavy atom. The van der Waals surface area contributed by atoms with E-state index < -0.39 is 0 Å². The van der Waals surface area contributed by atoms with E-state index >= 15 is 0 Å². The Bertz CT molecular complexity index is 1580. The summed E-state index contributed by atoms with van der Waals surface area (Å²) >= 11 is 6.82. The van der Waals surface area contributed by atoms with E-state index in [9.17, 15) is 9.59 Å². The molecule has 1 atom stereocenters. The van der Waals surface area contributed by atoms with Crippen LogP contribution in [0.5, 0.6) is 0 Å². The fourth-order valence-electron chi connectivity index (χ4n) is 4.48. The maximum Gasteiger partial charge on any atom is 0.267 e. The minimum atomic E-state index is -0.231. The zero-order valence-electron chi connectivity index (χ0n) is 20.8. The minimum Gasteiger partial charge on any atom is -0.355 e. The Kier molecular flexibility index (Phi) is 6.95. The van der Waals surface area contributed by atoms with Crippen molar-refractivity contribution in [2.75, 3.05) is 11.9 Å². The van der Waals surface area contributed by atoms with Crippen LogP contribution in [0.1, 0.15) is 35.2 Å². The lowest BCUT2D eigenvalue weighted by Gasteiger charge is -2.23. The van der Waals surface area contributed by atoms with Crippen LogP contribution in [0.15, 0.2) is 88.7 Å². The van der Waals surface area contributed by atoms with Gasteiger partial charge in [-0.3, -0.25) is 18.9 Å². The van der Waals surface area contributed by atoms with Crippen molar-refractivity contribution in [3.8, 4) is 0 Å². The van der Waals surface area contributed by atoms with Crippen LogP contribution in [0.25, 0.3) is 11.7 Å². The van der Waals surface area contributed by atoms with Gasteiger partial charge in [-0.05, 0) is 42.7 Å². The van der Waals surface area contributed by atoms with Crippen LogP contribution < -0.4 is 10.5 Å². The number of thiocarbonyl (C=S) groups is 1. The Morgan fingerprint density at radius 3 is 2.41 bits per heavy atom. The molecule has 0 radical (unpaired) electrons. The van der Waals surface area contributed by atoms with E-state index in [0.717, 1.165) is 16.7 Å². The third kappa shape index (κ3) is 4.82. The summed E-state index contributed by atoms with van der Waals surface area (Å²) in [6.45, 7) is 4.44. The lowest BCUT2D eigenvalue weighted by molar-refractivity contribution is -0.123. The van der Waals surface area contributed by atoms with Gasteiger partial charge in [0, 0.05) is 19.8 Å². The molecule has 5 rings (SSSR count). The summed E-state index contributed by atoms with van der Waals surface area (Å²) in [5.74, 6) is 0.307. The molecule has 2 aromatic heterocycles. The van der Waals surface area contributed by atoms with Gasteiger partial charge in [-0.25, -0.2) is 4.98 Å². The summed E-state index contributed by atoms with van der Waals surface area (Å²) in [4.78, 5) is 36.2. The molecule has 37 heavy (non-hydrogen) atoms. The highest BCUT2D eigenvalue weighted by Crippen LogP contribution is 2.38. The zero-order chi connectivity index (χ0) is 26.1. The lowest BCUT2D eigenvalue weighted by atomic mass is 10.1. The average molecular weight is 527 g/mol. The van der Waals surface area contributed by atoms with Gasteiger partial charge in [0.05, 0.1) is 16.5 Å². The summed E-state index contributed by atoms with van der Waals surface area (Å²) in [5, 5.41) is 0. The van der Waals surface area contributed by atoms with Gasteiger partial charge in [0.25, 0.3) is 11.5 Å². The molecule has 1 aliphatic rings. The second kappa shape index (κ2) is 10.3. The van der Waals surface area contributed by atoms with Crippen LogP contribution in [0.2, 0.25) is 0 Å². The quantitative estimate of drug-likeness (QED) is 0.241. The molecule has 1 amide bonds. The smallest absolute Gasteiger partial charge is 0.267 e. The van der Waals surface area contributed by atoms with Crippen molar-refractivity contribution < 1.29 is 4.79 Å². The number of benzene rings is 2. The number of carbonyl (C=O) groups is 1. The Balaban J connectivity index is 1.60. The van der Waals surface area contributed by atoms with Gasteiger partial charge in [-0.1, -0.05) is 90.7 Å². The van der Waals surface area contributed by atoms with Gasteiger partial charge in [-0.15, -0.1) is 0 Å². The first-order valence-corrected chi connectivity index (χ1v) is 13.2. The summed E-state index contributed by atoms with van der Waals surface area (Å²) in [7, 11) is 1.91. The summed E-state index contributed by atoms with van der Waals surface area (Å²) < 4.78 is 2.01. The topological polar surface area (TPSA) is 57.9 Å². The molecule has 8 heteroatoms. The molecule has 0 aliphatic carbocycles. The predicted molar refractivity (Wildman–Crippen MR) is 155 cm³/mol. The molecule has 0 N–H and O–H groups in total. The third-order valence-corrected chi connectivity index (χ3v) is 7.79. The fraction of sp³-hybridized carbons (Fsp3) is 0.172. The first-order chi connectivity index (χ1) is 17.8. The highest BCUT2D eigenvalue weighted by Gasteiger charge is 2.36. The van der Waals surface area contributed by atoms with Gasteiger partial charge >= 0.3 is 0 Å². The summed E-state index contributed by atoms with van der Waals surface area (Å²) in [6.07, 6.45) is 3.36. The number of thioether (sulfide) groups is 1. The molecule has 1 aliphatic heterocycles. The van der Waals surface area contributed by atoms with Gasteiger partial charge in [-0.2, -0.15) is 0 Å². The number of amides is 1. The van der Waals surface area contributed by atoms with E-state index in [-0.39, 0.29) is 17.5 Å². The first kappa shape index (κ1) is 24.9. The number of nitrogens with zero attached hydrogens (tertiary/aromatic N) is 4. The number of aromatic nitrogens is 2. The average Bonchev–Trinajstić information content (AvgIpc) is 3.18. The van der Waals surface area contributed by atoms with E-state index in [1.54, 1.807) is 17.2 Å². The standard InChI is InChI=1S/C29H26N4O2S2/c1-19-11-10-16-32-25(19)30-26(31(3)18-21-12-6-4-7-13-21)23(27(32)34)17-24-28(35)33(29(36)37-24)20(2)22-14-8-5-9-15-22/h4-17,20H,18H2,1-3H3/b24-17-. The molecule has 3 heterocycles. The van der Waals surface area contributed by atoms with E-state index in [1.165, 1.54) is 16.2 Å². The number of fused-ring (bicyclic) bond motifs is 1. The molecule has 0 spiro atoms. The molecule has 0 bridgehead atoms. The number of rotatable bonds is 6. The predicted octanol–water partition coefficient (Wildman–Crippen LogP) is 5.60. The van der Waals surface area contributed by atoms with Gasteiger partial charge in [0.15, 0.2) is 0 Å². The third-order valence-electron chi connectivity index (χ3n) is 6.46. The molecule has 0 saturated carbocycles. The van der Waals surface area contributed by atoms with Gasteiger partial charge in [0.2, 0.25) is 0 Å². The number of hydrogen-bond acceptors (Lipinski definition) is 6. The highest BCUT2D eigenvalue weighted by atomic mass is 32.2. The molecular weight excluding hydrogens is 500 g/mol. The zero-order valence-corrected chi connectivity index (χ0v) is 22.4. The molecule has 2 aromatic carbocycles. The molecule has 6 nitrogen and oxygen atoms in total. The van der Waals surface area contributed by atoms with Crippen LogP contribution in [0.3, 0.4) is 0 Å². The van der Waals surface area contributed by atoms with Crippen LogP contribution in [0.4, 0.5) is 5.82 Å². The Labute approximate surface area is 225 Å². The first-order valence-electron chi connectivity index (χ1n) is 11.9. The number of hydrogen-bond donors (Lipinski definition) is 0. The molecule has 1 unspecified atom stereocenters. The van der Waals surface area contributed by atoms with Crippen molar-refractivity contribution in [2.45, 2.75) is 26.4 Å². The van der Waals surface area contributed by atoms with Crippen molar-refractivity contribution in [3.05, 3.63) is 117 Å². The van der Waals surface area contributed by atoms with E-state index in [1.807, 2.05) is 98.6 Å². The number of anilines is 1. The van der Waals surface area contributed by atoms with Crippen LogP contribution in [-0.4, -0.2) is 31.6 Å². The number of carbonyl (C=O) groups excluding carboxylic acids is 1. The fourth-order valence-corrected chi connectivity index (χ4v) is 5.88. The summed E-state index contributed by atoms with van der Waals surface area (Å²) in [6, 6.07) is 23.3. The van der Waals surface area contributed by atoms with Crippen molar-refractivity contribution in [1.29, 1.82) is 0 Å². The Hall–Kier alpha value is -3.75. The SMILES string of the molecule is Cc1cccn2c(=O)c(/C=C3\SC(=S)N(C(C)c4ccccc4)C3=O)c(N(C)Cc3ccccc3)nc12. The maximum absolute atomic E-state index is 13.8. The molecule has 4 aromatic rings. The molecule has 1 saturated heterocycles. The minimum absolute atomic E-state index is 0.211. The highest BCUT2D eigenvalue weighted by molar-refractivity contribution is 8.26. The Morgan fingerprint density at radius 2 is 1.70 bits per heavy atom. The van der Waals surface area contributed by atoms with E-state index in [2.05, 4.69) is 0 Å². The van der Waals surface area contributed by atoms with Crippen molar-refractivity contribution >= 4 is 51.7 Å². The van der Waals surface area contributed by atoms with Crippen LogP contribution in [-0.2, 0) is 11.3 Å². The monoisotopic (exact) mass is 526 g/mol. The molecular formula is C29H26N4O2S2. The van der Waals surface area contributed by atoms with Gasteiger partial charge in [0.1, 0.15) is 15.8 Å². The number of aryl methyl sites for hydroxylation is 1. The van der Waals surface area contributed by atoms with Crippen LogP contribution >= 0.6 is 24.0 Å². The van der Waals surface area contributed by atoms with Crippen molar-refractivity contribution in [3.63, 3.8) is 0 Å². The van der Waals surface area contributed by atoms with Crippen LogP contribution in [0, 0.1) is 6.92 Å². The van der Waals surface area contributed by atoms with E-state index in [4.69, 9.17) is 17.2 Å². The van der Waals surface area contributed by atoms with Crippen molar-refractivity contribution in [2.24, 2.45) is 0 Å². The number of pyridine rings is 1.